The quantitative estimate of drug-likeness (QED) is 0.362. The fraction of sp³-hybridized carbons (Fsp3) is 0.941. The first-order valence-electron chi connectivity index (χ1n) is 8.59. The number of epoxide rings is 1. The highest BCUT2D eigenvalue weighted by molar-refractivity contribution is 6.73. The summed E-state index contributed by atoms with van der Waals surface area (Å²) in [6.07, 6.45) is 0.754. The number of hydrogen-bond donors (Lipinski definition) is 0. The van der Waals surface area contributed by atoms with Gasteiger partial charge in [0.1, 0.15) is 6.61 Å². The molecule has 0 spiro atoms. The lowest BCUT2D eigenvalue weighted by Crippen LogP contribution is -2.43. The Kier molecular flexibility index (Phi) is 6.66. The zero-order valence-corrected chi connectivity index (χ0v) is 16.5. The highest BCUT2D eigenvalue weighted by Gasteiger charge is 2.44. The summed E-state index contributed by atoms with van der Waals surface area (Å²) in [5.74, 6) is -0.167. The van der Waals surface area contributed by atoms with Crippen LogP contribution in [0.3, 0.4) is 0 Å². The molecule has 0 unspecified atom stereocenters. The highest BCUT2D eigenvalue weighted by Crippen LogP contribution is 2.34. The molecule has 1 aliphatic heterocycles. The SMILES string of the molecule is CC[Si](CC)(CC)O[C@H](COC(=O)C(C)(C)C)C[C@]1(C)CO1. The van der Waals surface area contributed by atoms with Crippen molar-refractivity contribution in [2.75, 3.05) is 13.2 Å². The number of esters is 1. The third kappa shape index (κ3) is 5.67. The minimum atomic E-state index is -1.72. The van der Waals surface area contributed by atoms with Crippen molar-refractivity contribution in [1.82, 2.24) is 0 Å². The lowest BCUT2D eigenvalue weighted by Gasteiger charge is -2.34. The molecule has 0 saturated carbocycles. The first-order chi connectivity index (χ1) is 10.1. The van der Waals surface area contributed by atoms with E-state index in [2.05, 4.69) is 27.7 Å². The van der Waals surface area contributed by atoms with E-state index in [-0.39, 0.29) is 17.7 Å². The molecule has 0 bridgehead atoms. The normalized spacial score (nSPS) is 23.2. The first-order valence-corrected chi connectivity index (χ1v) is 11.1. The van der Waals surface area contributed by atoms with Gasteiger partial charge in [0.25, 0.3) is 0 Å². The van der Waals surface area contributed by atoms with Crippen molar-refractivity contribution in [2.24, 2.45) is 5.41 Å². The van der Waals surface area contributed by atoms with Gasteiger partial charge in [0.2, 0.25) is 0 Å². The Morgan fingerprint density at radius 2 is 1.73 bits per heavy atom. The molecule has 0 aromatic heterocycles. The molecule has 0 aromatic carbocycles. The van der Waals surface area contributed by atoms with Crippen LogP contribution >= 0.6 is 0 Å². The standard InChI is InChI=1S/C17H34O4Si/c1-8-22(9-2,10-3)21-14(11-17(7)13-20-17)12-19-15(18)16(4,5)6/h14H,8-13H2,1-7H3/t14-,17+/m0/s1. The summed E-state index contributed by atoms with van der Waals surface area (Å²) in [4.78, 5) is 12.0. The van der Waals surface area contributed by atoms with Crippen LogP contribution < -0.4 is 0 Å². The summed E-state index contributed by atoms with van der Waals surface area (Å²) in [5.41, 5.74) is -0.562. The van der Waals surface area contributed by atoms with Gasteiger partial charge in [-0.05, 0) is 45.8 Å². The maximum Gasteiger partial charge on any atom is 0.311 e. The van der Waals surface area contributed by atoms with Crippen molar-refractivity contribution in [3.63, 3.8) is 0 Å². The van der Waals surface area contributed by atoms with Gasteiger partial charge in [-0.3, -0.25) is 4.79 Å². The molecule has 0 aromatic rings. The van der Waals surface area contributed by atoms with Gasteiger partial charge in [-0.25, -0.2) is 0 Å². The zero-order chi connectivity index (χ0) is 17.0. The van der Waals surface area contributed by atoms with E-state index in [4.69, 9.17) is 13.9 Å². The highest BCUT2D eigenvalue weighted by atomic mass is 28.4. The van der Waals surface area contributed by atoms with E-state index < -0.39 is 13.7 Å². The van der Waals surface area contributed by atoms with Gasteiger partial charge in [-0.1, -0.05) is 20.8 Å². The van der Waals surface area contributed by atoms with Crippen LogP contribution in [0.15, 0.2) is 0 Å². The van der Waals surface area contributed by atoms with Crippen LogP contribution in [-0.4, -0.2) is 39.2 Å². The molecule has 1 heterocycles. The van der Waals surface area contributed by atoms with Crippen molar-refractivity contribution in [2.45, 2.75) is 84.7 Å². The van der Waals surface area contributed by atoms with Gasteiger partial charge in [0, 0.05) is 6.42 Å². The van der Waals surface area contributed by atoms with E-state index in [0.29, 0.717) is 6.61 Å². The van der Waals surface area contributed by atoms with E-state index in [1.807, 2.05) is 20.8 Å². The van der Waals surface area contributed by atoms with E-state index in [0.717, 1.165) is 31.2 Å². The van der Waals surface area contributed by atoms with E-state index in [9.17, 15) is 4.79 Å². The summed E-state index contributed by atoms with van der Waals surface area (Å²) in [6, 6.07) is 3.30. The Morgan fingerprint density at radius 3 is 2.09 bits per heavy atom. The molecular weight excluding hydrogens is 296 g/mol. The first kappa shape index (κ1) is 19.7. The van der Waals surface area contributed by atoms with Gasteiger partial charge in [-0.2, -0.15) is 0 Å². The maximum atomic E-state index is 12.0. The predicted octanol–water partition coefficient (Wildman–Crippen LogP) is 4.15. The fourth-order valence-corrected chi connectivity index (χ4v) is 5.45. The number of ether oxygens (including phenoxy) is 2. The topological polar surface area (TPSA) is 48.1 Å². The van der Waals surface area contributed by atoms with Crippen molar-refractivity contribution in [1.29, 1.82) is 0 Å². The number of carbonyl (C=O) groups excluding carboxylic acids is 1. The van der Waals surface area contributed by atoms with Gasteiger partial charge in [0.15, 0.2) is 8.32 Å². The van der Waals surface area contributed by atoms with Crippen LogP contribution in [0.25, 0.3) is 0 Å². The fourth-order valence-electron chi connectivity index (χ4n) is 2.60. The second-order valence-electron chi connectivity index (χ2n) is 7.77. The Labute approximate surface area is 137 Å². The molecular formula is C17H34O4Si. The van der Waals surface area contributed by atoms with E-state index >= 15 is 0 Å². The molecule has 0 N–H and O–H groups in total. The Hall–Kier alpha value is -0.393. The largest absolute Gasteiger partial charge is 0.463 e. The smallest absolute Gasteiger partial charge is 0.311 e. The van der Waals surface area contributed by atoms with Crippen LogP contribution in [-0.2, 0) is 18.7 Å². The molecule has 130 valence electrons. The van der Waals surface area contributed by atoms with Gasteiger partial charge < -0.3 is 13.9 Å². The monoisotopic (exact) mass is 330 g/mol. The summed E-state index contributed by atoms with van der Waals surface area (Å²) in [7, 11) is -1.72. The summed E-state index contributed by atoms with van der Waals surface area (Å²) in [6.45, 7) is 15.5. The molecule has 22 heavy (non-hydrogen) atoms. The van der Waals surface area contributed by atoms with Gasteiger partial charge >= 0.3 is 5.97 Å². The summed E-state index contributed by atoms with van der Waals surface area (Å²) < 4.78 is 17.6. The van der Waals surface area contributed by atoms with Crippen LogP contribution in [0.2, 0.25) is 18.1 Å². The maximum absolute atomic E-state index is 12.0. The molecule has 1 fully saturated rings. The lowest BCUT2D eigenvalue weighted by atomic mass is 9.97. The Morgan fingerprint density at radius 1 is 1.23 bits per heavy atom. The van der Waals surface area contributed by atoms with E-state index in [1.54, 1.807) is 0 Å². The Bertz CT molecular complexity index is 359. The number of carbonyl (C=O) groups is 1. The number of rotatable bonds is 9. The molecule has 0 aliphatic carbocycles. The lowest BCUT2D eigenvalue weighted by molar-refractivity contribution is -0.155. The molecule has 5 heteroatoms. The third-order valence-corrected chi connectivity index (χ3v) is 9.36. The minimum Gasteiger partial charge on any atom is -0.463 e. The molecule has 4 nitrogen and oxygen atoms in total. The van der Waals surface area contributed by atoms with Crippen molar-refractivity contribution in [3.8, 4) is 0 Å². The molecule has 0 amide bonds. The van der Waals surface area contributed by atoms with Crippen LogP contribution in [0.5, 0.6) is 0 Å². The van der Waals surface area contributed by atoms with E-state index in [1.165, 1.54) is 0 Å². The van der Waals surface area contributed by atoms with Crippen molar-refractivity contribution < 1.29 is 18.7 Å². The minimum absolute atomic E-state index is 0.0506. The molecule has 0 radical (unpaired) electrons. The molecule has 1 aliphatic rings. The second-order valence-corrected chi connectivity index (χ2v) is 12.5. The zero-order valence-electron chi connectivity index (χ0n) is 15.5. The van der Waals surface area contributed by atoms with Crippen LogP contribution in [0.4, 0.5) is 0 Å². The van der Waals surface area contributed by atoms with Crippen molar-refractivity contribution in [3.05, 3.63) is 0 Å². The summed E-state index contributed by atoms with van der Waals surface area (Å²) >= 11 is 0. The third-order valence-electron chi connectivity index (χ3n) is 4.66. The van der Waals surface area contributed by atoms with Crippen LogP contribution in [0.1, 0.15) is 54.9 Å². The van der Waals surface area contributed by atoms with Gasteiger partial charge in [0.05, 0.1) is 23.7 Å². The predicted molar refractivity (Wildman–Crippen MR) is 91.5 cm³/mol. The summed E-state index contributed by atoms with van der Waals surface area (Å²) in [5, 5.41) is 0. The second kappa shape index (κ2) is 7.45. The number of hydrogen-bond acceptors (Lipinski definition) is 4. The molecule has 1 saturated heterocycles. The van der Waals surface area contributed by atoms with Crippen LogP contribution in [0, 0.1) is 5.41 Å². The molecule has 1 rings (SSSR count). The van der Waals surface area contributed by atoms with Gasteiger partial charge in [-0.15, -0.1) is 0 Å². The average Bonchev–Trinajstić information content (AvgIpc) is 3.18. The average molecular weight is 331 g/mol. The van der Waals surface area contributed by atoms with Crippen molar-refractivity contribution >= 4 is 14.3 Å². The molecule has 2 atom stereocenters. The Balaban J connectivity index is 2.69.